The standard InChI is InChI=1S/C22H24N6O3/c1-3-4-13-28-17-19(24-21(28)27-11-6-5-7-12-27)25-22(26(2)20(17)30)31-16-10-8-9-15(14-16)18(23)29/h8-10,14H,5-7,11-13H2,1-2H3,(H2,23,29). The van der Waals surface area contributed by atoms with E-state index in [9.17, 15) is 9.59 Å². The van der Waals surface area contributed by atoms with Crippen LogP contribution in [0, 0.1) is 11.8 Å². The van der Waals surface area contributed by atoms with E-state index in [0.717, 1.165) is 25.9 Å². The largest absolute Gasteiger partial charge is 0.425 e. The molecule has 0 aliphatic carbocycles. The fraction of sp³-hybridized carbons (Fsp3) is 0.364. The van der Waals surface area contributed by atoms with Gasteiger partial charge in [0.15, 0.2) is 11.2 Å². The van der Waals surface area contributed by atoms with Gasteiger partial charge in [0.1, 0.15) is 5.75 Å². The Labute approximate surface area is 179 Å². The number of piperidine rings is 1. The Balaban J connectivity index is 1.81. The van der Waals surface area contributed by atoms with Gasteiger partial charge >= 0.3 is 6.01 Å². The van der Waals surface area contributed by atoms with Crippen LogP contribution in [0.4, 0.5) is 5.95 Å². The first-order valence-corrected chi connectivity index (χ1v) is 10.2. The summed E-state index contributed by atoms with van der Waals surface area (Å²) in [5.41, 5.74) is 6.07. The van der Waals surface area contributed by atoms with Crippen molar-refractivity contribution in [2.24, 2.45) is 12.8 Å². The van der Waals surface area contributed by atoms with Crippen LogP contribution in [0.3, 0.4) is 0 Å². The van der Waals surface area contributed by atoms with Crippen LogP contribution in [-0.4, -0.2) is 38.1 Å². The molecule has 0 spiro atoms. The van der Waals surface area contributed by atoms with Crippen molar-refractivity contribution in [3.05, 3.63) is 40.2 Å². The van der Waals surface area contributed by atoms with E-state index in [0.29, 0.717) is 35.0 Å². The maximum Gasteiger partial charge on any atom is 0.306 e. The Bertz CT molecular complexity index is 1260. The van der Waals surface area contributed by atoms with Crippen LogP contribution in [0.2, 0.25) is 0 Å². The molecule has 0 unspecified atom stereocenters. The minimum Gasteiger partial charge on any atom is -0.425 e. The number of nitrogens with zero attached hydrogens (tertiary/aromatic N) is 5. The molecule has 9 heteroatoms. The summed E-state index contributed by atoms with van der Waals surface area (Å²) in [5.74, 6) is 6.41. The van der Waals surface area contributed by atoms with Crippen LogP contribution in [0.5, 0.6) is 11.8 Å². The van der Waals surface area contributed by atoms with E-state index in [4.69, 9.17) is 10.5 Å². The molecule has 1 aliphatic heterocycles. The Hall–Kier alpha value is -3.80. The van der Waals surface area contributed by atoms with Crippen molar-refractivity contribution in [3.8, 4) is 23.6 Å². The number of rotatable bonds is 5. The molecule has 0 radical (unpaired) electrons. The number of nitrogens with two attached hydrogens (primary N) is 1. The van der Waals surface area contributed by atoms with Crippen molar-refractivity contribution < 1.29 is 9.53 Å². The molecule has 4 rings (SSSR count). The third-order valence-electron chi connectivity index (χ3n) is 5.31. The molecule has 9 nitrogen and oxygen atoms in total. The van der Waals surface area contributed by atoms with Gasteiger partial charge in [-0.3, -0.25) is 18.7 Å². The maximum absolute atomic E-state index is 13.2. The number of aromatic nitrogens is 4. The predicted molar refractivity (Wildman–Crippen MR) is 117 cm³/mol. The lowest BCUT2D eigenvalue weighted by molar-refractivity contribution is 0.1000. The molecule has 3 heterocycles. The molecule has 0 bridgehead atoms. The summed E-state index contributed by atoms with van der Waals surface area (Å²) in [6, 6.07) is 6.49. The van der Waals surface area contributed by atoms with Crippen LogP contribution in [0.15, 0.2) is 29.1 Å². The lowest BCUT2D eigenvalue weighted by atomic mass is 10.1. The fourth-order valence-electron chi connectivity index (χ4n) is 3.68. The lowest BCUT2D eigenvalue weighted by Crippen LogP contribution is -2.32. The van der Waals surface area contributed by atoms with Gasteiger partial charge in [0.25, 0.3) is 5.56 Å². The minimum absolute atomic E-state index is 0.0792. The second-order valence-corrected chi connectivity index (χ2v) is 7.40. The Kier molecular flexibility index (Phi) is 5.62. The van der Waals surface area contributed by atoms with Gasteiger partial charge in [-0.2, -0.15) is 9.97 Å². The van der Waals surface area contributed by atoms with Gasteiger partial charge in [0.2, 0.25) is 11.9 Å². The van der Waals surface area contributed by atoms with Gasteiger partial charge in [-0.15, -0.1) is 5.92 Å². The zero-order valence-corrected chi connectivity index (χ0v) is 17.6. The van der Waals surface area contributed by atoms with Crippen molar-refractivity contribution in [2.75, 3.05) is 18.0 Å². The molecular weight excluding hydrogens is 396 g/mol. The number of hydrogen-bond donors (Lipinski definition) is 1. The van der Waals surface area contributed by atoms with Crippen molar-refractivity contribution in [2.45, 2.75) is 32.7 Å². The summed E-state index contributed by atoms with van der Waals surface area (Å²) in [4.78, 5) is 36.1. The second-order valence-electron chi connectivity index (χ2n) is 7.40. The van der Waals surface area contributed by atoms with E-state index in [1.165, 1.54) is 17.1 Å². The number of carbonyl (C=O) groups is 1. The average Bonchev–Trinajstić information content (AvgIpc) is 3.15. The highest BCUT2D eigenvalue weighted by atomic mass is 16.5. The molecule has 2 N–H and O–H groups in total. The molecule has 160 valence electrons. The van der Waals surface area contributed by atoms with Gasteiger partial charge < -0.3 is 15.4 Å². The topological polar surface area (TPSA) is 108 Å². The highest BCUT2D eigenvalue weighted by Crippen LogP contribution is 2.25. The summed E-state index contributed by atoms with van der Waals surface area (Å²) in [6.45, 7) is 3.89. The smallest absolute Gasteiger partial charge is 0.306 e. The number of imidazole rings is 1. The number of carbonyl (C=O) groups excluding carboxylic acids is 1. The first-order chi connectivity index (χ1) is 15.0. The monoisotopic (exact) mass is 420 g/mol. The molecule has 0 saturated carbocycles. The highest BCUT2D eigenvalue weighted by molar-refractivity contribution is 5.93. The van der Waals surface area contributed by atoms with Crippen molar-refractivity contribution in [3.63, 3.8) is 0 Å². The third kappa shape index (κ3) is 3.97. The Morgan fingerprint density at radius 2 is 2.00 bits per heavy atom. The zero-order chi connectivity index (χ0) is 22.0. The molecule has 31 heavy (non-hydrogen) atoms. The van der Waals surface area contributed by atoms with Crippen LogP contribution >= 0.6 is 0 Å². The number of ether oxygens (including phenoxy) is 1. The van der Waals surface area contributed by atoms with Crippen molar-refractivity contribution >= 4 is 23.0 Å². The molecule has 1 aliphatic rings. The Morgan fingerprint density at radius 3 is 2.71 bits per heavy atom. The van der Waals surface area contributed by atoms with Crippen LogP contribution in [0.25, 0.3) is 11.2 Å². The van der Waals surface area contributed by atoms with Gasteiger partial charge in [-0.1, -0.05) is 12.0 Å². The predicted octanol–water partition coefficient (Wildman–Crippen LogP) is 2.03. The summed E-state index contributed by atoms with van der Waals surface area (Å²) in [5, 5.41) is 0. The molecule has 1 fully saturated rings. The van der Waals surface area contributed by atoms with E-state index < -0.39 is 5.91 Å². The fourth-order valence-corrected chi connectivity index (χ4v) is 3.68. The second kappa shape index (κ2) is 8.52. The molecular formula is C22H24N6O3. The number of hydrogen-bond acceptors (Lipinski definition) is 6. The van der Waals surface area contributed by atoms with Gasteiger partial charge in [0, 0.05) is 25.7 Å². The van der Waals surface area contributed by atoms with Crippen LogP contribution in [0.1, 0.15) is 36.5 Å². The minimum atomic E-state index is -0.565. The third-order valence-corrected chi connectivity index (χ3v) is 5.31. The number of benzene rings is 1. The lowest BCUT2D eigenvalue weighted by Gasteiger charge is -2.27. The van der Waals surface area contributed by atoms with Gasteiger partial charge in [0.05, 0.1) is 6.54 Å². The molecule has 2 aromatic heterocycles. The maximum atomic E-state index is 13.2. The van der Waals surface area contributed by atoms with Crippen LogP contribution < -0.4 is 20.9 Å². The van der Waals surface area contributed by atoms with Crippen molar-refractivity contribution in [1.82, 2.24) is 19.1 Å². The summed E-state index contributed by atoms with van der Waals surface area (Å²) in [7, 11) is 1.59. The SMILES string of the molecule is CC#CCn1c(N2CCCCC2)nc2nc(Oc3cccc(C(N)=O)c3)n(C)c(=O)c21. The molecule has 1 amide bonds. The van der Waals surface area contributed by atoms with Crippen molar-refractivity contribution in [1.29, 1.82) is 0 Å². The van der Waals surface area contributed by atoms with Gasteiger partial charge in [-0.25, -0.2) is 0 Å². The number of anilines is 1. The Morgan fingerprint density at radius 1 is 1.23 bits per heavy atom. The number of fused-ring (bicyclic) bond motifs is 1. The highest BCUT2D eigenvalue weighted by Gasteiger charge is 2.23. The molecule has 1 aromatic carbocycles. The summed E-state index contributed by atoms with van der Waals surface area (Å²) in [6.07, 6.45) is 3.35. The summed E-state index contributed by atoms with van der Waals surface area (Å²) >= 11 is 0. The number of primary amides is 1. The van der Waals surface area contributed by atoms with E-state index >= 15 is 0 Å². The average molecular weight is 420 g/mol. The molecule has 1 saturated heterocycles. The van der Waals surface area contributed by atoms with E-state index in [-0.39, 0.29) is 11.6 Å². The van der Waals surface area contributed by atoms with Gasteiger partial charge in [-0.05, 0) is 44.4 Å². The van der Waals surface area contributed by atoms with E-state index in [1.807, 2.05) is 4.57 Å². The normalized spacial score (nSPS) is 13.7. The molecule has 0 atom stereocenters. The number of amides is 1. The van der Waals surface area contributed by atoms with E-state index in [2.05, 4.69) is 26.7 Å². The first kappa shape index (κ1) is 20.5. The van der Waals surface area contributed by atoms with E-state index in [1.54, 1.807) is 32.2 Å². The first-order valence-electron chi connectivity index (χ1n) is 10.2. The van der Waals surface area contributed by atoms with Crippen LogP contribution in [-0.2, 0) is 13.6 Å². The quantitative estimate of drug-likeness (QED) is 0.633. The summed E-state index contributed by atoms with van der Waals surface area (Å²) < 4.78 is 8.99. The zero-order valence-electron chi connectivity index (χ0n) is 17.6. The molecule has 3 aromatic rings.